The highest BCUT2D eigenvalue weighted by molar-refractivity contribution is 14.1. The smallest absolute Gasteiger partial charge is 0.266 e. The van der Waals surface area contributed by atoms with Crippen molar-refractivity contribution in [2.45, 2.75) is 39.0 Å². The number of hydrogen-bond acceptors (Lipinski definition) is 3. The van der Waals surface area contributed by atoms with Crippen LogP contribution in [0.1, 0.15) is 12.0 Å². The topological polar surface area (TPSA) is 30.8 Å². The third-order valence-corrected chi connectivity index (χ3v) is 5.63. The standard InChI is InChI=1S/C14H13Cl3INO2/c15-14(16,17)13-19-12-10(21-13)6-9(11(12)18)20-7-8-4-2-1-3-5-8/h1-5,9-12H,6-7H2/t9-,10+,11+,12+/m0/s1. The number of nitrogens with zero attached hydrogens (tertiary/aromatic N) is 1. The summed E-state index contributed by atoms with van der Waals surface area (Å²) in [4.78, 5) is 4.42. The Kier molecular flexibility index (Phi) is 4.91. The Morgan fingerprint density at radius 1 is 1.29 bits per heavy atom. The summed E-state index contributed by atoms with van der Waals surface area (Å²) in [5.74, 6) is 0.200. The molecule has 0 radical (unpaired) electrons. The van der Waals surface area contributed by atoms with Crippen molar-refractivity contribution in [2.24, 2.45) is 4.99 Å². The Morgan fingerprint density at radius 2 is 2.00 bits per heavy atom. The number of fused-ring (bicyclic) bond motifs is 1. The number of benzene rings is 1. The van der Waals surface area contributed by atoms with Crippen LogP contribution >= 0.6 is 57.4 Å². The van der Waals surface area contributed by atoms with Gasteiger partial charge in [0.1, 0.15) is 12.1 Å². The lowest BCUT2D eigenvalue weighted by atomic mass is 10.2. The molecule has 0 aromatic heterocycles. The predicted molar refractivity (Wildman–Crippen MR) is 93.8 cm³/mol. The van der Waals surface area contributed by atoms with Crippen molar-refractivity contribution < 1.29 is 9.47 Å². The van der Waals surface area contributed by atoms with Crippen LogP contribution in [-0.2, 0) is 16.1 Å². The van der Waals surface area contributed by atoms with E-state index in [0.717, 1.165) is 12.0 Å². The fourth-order valence-electron chi connectivity index (χ4n) is 2.58. The molecule has 0 spiro atoms. The zero-order valence-electron chi connectivity index (χ0n) is 10.9. The van der Waals surface area contributed by atoms with Crippen LogP contribution in [0.3, 0.4) is 0 Å². The van der Waals surface area contributed by atoms with E-state index in [1.165, 1.54) is 0 Å². The quantitative estimate of drug-likeness (QED) is 0.497. The number of hydrogen-bond donors (Lipinski definition) is 0. The Balaban J connectivity index is 1.61. The molecule has 4 atom stereocenters. The molecular formula is C14H13Cl3INO2. The maximum Gasteiger partial charge on any atom is 0.266 e. The Morgan fingerprint density at radius 3 is 2.62 bits per heavy atom. The second kappa shape index (κ2) is 6.40. The van der Waals surface area contributed by atoms with Crippen molar-refractivity contribution in [1.82, 2.24) is 0 Å². The van der Waals surface area contributed by atoms with Crippen molar-refractivity contribution >= 4 is 63.3 Å². The van der Waals surface area contributed by atoms with Crippen LogP contribution in [0.25, 0.3) is 0 Å². The summed E-state index contributed by atoms with van der Waals surface area (Å²) in [6.45, 7) is 0.589. The maximum absolute atomic E-state index is 6.00. The van der Waals surface area contributed by atoms with Crippen LogP contribution in [0.4, 0.5) is 0 Å². The van der Waals surface area contributed by atoms with Crippen LogP contribution < -0.4 is 0 Å². The molecule has 0 bridgehead atoms. The molecule has 1 aliphatic heterocycles. The molecule has 1 aliphatic carbocycles. The Hall–Kier alpha value is 0.250. The summed E-state index contributed by atoms with van der Waals surface area (Å²) < 4.78 is 10.3. The SMILES string of the molecule is ClC(Cl)(Cl)C1=N[C@H]2[C@H](I)[C@@H](OCc3ccccc3)C[C@H]2O1. The fraction of sp³-hybridized carbons (Fsp3) is 0.500. The molecule has 7 heteroatoms. The molecule has 0 amide bonds. The number of rotatable bonds is 3. The van der Waals surface area contributed by atoms with Crippen LogP contribution in [0.15, 0.2) is 35.3 Å². The van der Waals surface area contributed by atoms with Crippen molar-refractivity contribution in [1.29, 1.82) is 0 Å². The first-order valence-corrected chi connectivity index (χ1v) is 8.94. The third kappa shape index (κ3) is 3.61. The van der Waals surface area contributed by atoms with E-state index >= 15 is 0 Å². The summed E-state index contributed by atoms with van der Waals surface area (Å²) in [6, 6.07) is 10.1. The first-order chi connectivity index (χ1) is 9.95. The molecular weight excluding hydrogens is 447 g/mol. The molecule has 1 heterocycles. The Bertz CT molecular complexity index is 535. The van der Waals surface area contributed by atoms with E-state index in [4.69, 9.17) is 44.3 Å². The predicted octanol–water partition coefficient (Wildman–Crippen LogP) is 4.32. The highest BCUT2D eigenvalue weighted by Gasteiger charge is 2.51. The monoisotopic (exact) mass is 459 g/mol. The van der Waals surface area contributed by atoms with Gasteiger partial charge in [-0.3, -0.25) is 0 Å². The van der Waals surface area contributed by atoms with E-state index in [0.29, 0.717) is 6.61 Å². The molecule has 0 saturated heterocycles. The van der Waals surface area contributed by atoms with Crippen molar-refractivity contribution in [3.63, 3.8) is 0 Å². The molecule has 1 aromatic rings. The molecule has 0 N–H and O–H groups in total. The average molecular weight is 461 g/mol. The van der Waals surface area contributed by atoms with E-state index in [2.05, 4.69) is 27.6 Å². The zero-order chi connectivity index (χ0) is 15.0. The van der Waals surface area contributed by atoms with E-state index in [1.807, 2.05) is 30.3 Å². The van der Waals surface area contributed by atoms with Gasteiger partial charge in [-0.15, -0.1) is 0 Å². The van der Waals surface area contributed by atoms with Gasteiger partial charge in [0.2, 0.25) is 5.90 Å². The Labute approximate surface area is 152 Å². The second-order valence-corrected chi connectivity index (χ2v) is 8.81. The molecule has 2 aliphatic rings. The van der Waals surface area contributed by atoms with Crippen LogP contribution in [-0.4, -0.2) is 31.9 Å². The molecule has 3 nitrogen and oxygen atoms in total. The summed E-state index contributed by atoms with van der Waals surface area (Å²) in [5, 5.41) is 0. The normalized spacial score (nSPS) is 31.7. The maximum atomic E-state index is 6.00. The zero-order valence-corrected chi connectivity index (χ0v) is 15.3. The molecule has 0 unspecified atom stereocenters. The largest absolute Gasteiger partial charge is 0.472 e. The summed E-state index contributed by atoms with van der Waals surface area (Å²) in [5.41, 5.74) is 1.16. The summed E-state index contributed by atoms with van der Waals surface area (Å²) in [7, 11) is 0. The molecule has 1 saturated carbocycles. The fourth-order valence-corrected chi connectivity index (χ4v) is 3.99. The molecule has 21 heavy (non-hydrogen) atoms. The van der Waals surface area contributed by atoms with Gasteiger partial charge in [0.15, 0.2) is 0 Å². The van der Waals surface area contributed by atoms with Crippen molar-refractivity contribution in [3.8, 4) is 0 Å². The second-order valence-electron chi connectivity index (χ2n) is 5.09. The van der Waals surface area contributed by atoms with Gasteiger partial charge >= 0.3 is 0 Å². The molecule has 114 valence electrons. The van der Waals surface area contributed by atoms with E-state index < -0.39 is 3.79 Å². The van der Waals surface area contributed by atoms with E-state index in [9.17, 15) is 0 Å². The van der Waals surface area contributed by atoms with Gasteiger partial charge in [0.05, 0.1) is 16.6 Å². The minimum Gasteiger partial charge on any atom is -0.472 e. The van der Waals surface area contributed by atoms with Crippen LogP contribution in [0.5, 0.6) is 0 Å². The highest BCUT2D eigenvalue weighted by atomic mass is 127. The average Bonchev–Trinajstić information content (AvgIpc) is 2.98. The van der Waals surface area contributed by atoms with Crippen LogP contribution in [0, 0.1) is 0 Å². The van der Waals surface area contributed by atoms with Crippen molar-refractivity contribution in [3.05, 3.63) is 35.9 Å². The minimum atomic E-state index is -1.58. The summed E-state index contributed by atoms with van der Waals surface area (Å²) in [6.07, 6.45) is 0.804. The number of halogens is 4. The summed E-state index contributed by atoms with van der Waals surface area (Å²) >= 11 is 19.8. The number of alkyl halides is 4. The van der Waals surface area contributed by atoms with Gasteiger partial charge in [-0.05, 0) is 5.56 Å². The lowest BCUT2D eigenvalue weighted by molar-refractivity contribution is 0.0410. The molecule has 3 rings (SSSR count). The van der Waals surface area contributed by atoms with E-state index in [-0.39, 0.29) is 28.1 Å². The van der Waals surface area contributed by atoms with Gasteiger partial charge < -0.3 is 9.47 Å². The van der Waals surface area contributed by atoms with E-state index in [1.54, 1.807) is 0 Å². The minimum absolute atomic E-state index is 0.00278. The third-order valence-electron chi connectivity index (χ3n) is 3.61. The van der Waals surface area contributed by atoms with Gasteiger partial charge in [0.25, 0.3) is 3.79 Å². The van der Waals surface area contributed by atoms with Gasteiger partial charge in [-0.25, -0.2) is 4.99 Å². The number of ether oxygens (including phenoxy) is 2. The van der Waals surface area contributed by atoms with Crippen LogP contribution in [0.2, 0.25) is 0 Å². The lowest BCUT2D eigenvalue weighted by Crippen LogP contribution is -2.25. The highest BCUT2D eigenvalue weighted by Crippen LogP contribution is 2.41. The van der Waals surface area contributed by atoms with Gasteiger partial charge in [-0.1, -0.05) is 87.7 Å². The first-order valence-electron chi connectivity index (χ1n) is 6.56. The van der Waals surface area contributed by atoms with Gasteiger partial charge in [-0.2, -0.15) is 0 Å². The molecule has 1 aromatic carbocycles. The lowest BCUT2D eigenvalue weighted by Gasteiger charge is -2.18. The van der Waals surface area contributed by atoms with Crippen molar-refractivity contribution in [2.75, 3.05) is 0 Å². The van der Waals surface area contributed by atoms with Gasteiger partial charge in [0, 0.05) is 6.42 Å². The molecule has 1 fully saturated rings. The first kappa shape index (κ1) is 16.1. The number of aliphatic imine (C=N–C) groups is 1.